The van der Waals surface area contributed by atoms with Crippen molar-refractivity contribution < 1.29 is 17.9 Å². The van der Waals surface area contributed by atoms with Gasteiger partial charge in [0.1, 0.15) is 5.75 Å². The number of aryl methyl sites for hydroxylation is 1. The Balaban J connectivity index is 1.19. The maximum absolute atomic E-state index is 11.6. The minimum atomic E-state index is -3.17. The first-order valence-corrected chi connectivity index (χ1v) is 13.2. The standard InChI is InChI=1S/C25H33NO4S/c1-19-3-5-20(6-4-19)26-17-15-24(16-18-26)30-22-9-7-21(8-10-22)29-23-11-13-25(14-12-23)31(2,27)28/h3-6,11-14,21-22,24H,7-10,15-18H2,1-2H3/t21-,22-. The van der Waals surface area contributed by atoms with Crippen LogP contribution in [-0.2, 0) is 14.6 Å². The van der Waals surface area contributed by atoms with Gasteiger partial charge in [-0.2, -0.15) is 0 Å². The smallest absolute Gasteiger partial charge is 0.175 e. The van der Waals surface area contributed by atoms with Crippen LogP contribution in [0.5, 0.6) is 5.75 Å². The van der Waals surface area contributed by atoms with Gasteiger partial charge in [0.25, 0.3) is 0 Å². The number of sulfone groups is 1. The lowest BCUT2D eigenvalue weighted by molar-refractivity contribution is -0.0527. The van der Waals surface area contributed by atoms with Crippen LogP contribution in [0, 0.1) is 6.92 Å². The molecule has 1 saturated carbocycles. The van der Waals surface area contributed by atoms with E-state index in [4.69, 9.17) is 9.47 Å². The number of nitrogens with zero attached hydrogens (tertiary/aromatic N) is 1. The van der Waals surface area contributed by atoms with E-state index in [0.717, 1.165) is 57.4 Å². The lowest BCUT2D eigenvalue weighted by Gasteiger charge is -2.37. The molecule has 1 aliphatic carbocycles. The average molecular weight is 444 g/mol. The molecule has 0 N–H and O–H groups in total. The molecule has 0 unspecified atom stereocenters. The highest BCUT2D eigenvalue weighted by molar-refractivity contribution is 7.90. The molecule has 0 aromatic heterocycles. The fourth-order valence-electron chi connectivity index (χ4n) is 4.52. The van der Waals surface area contributed by atoms with E-state index in [1.54, 1.807) is 24.3 Å². The Kier molecular flexibility index (Phi) is 6.87. The summed E-state index contributed by atoms with van der Waals surface area (Å²) in [6, 6.07) is 15.5. The number of rotatable bonds is 6. The maximum atomic E-state index is 11.6. The number of hydrogen-bond acceptors (Lipinski definition) is 5. The van der Waals surface area contributed by atoms with Crippen molar-refractivity contribution in [2.75, 3.05) is 24.2 Å². The van der Waals surface area contributed by atoms with Crippen LogP contribution >= 0.6 is 0 Å². The van der Waals surface area contributed by atoms with Gasteiger partial charge in [0.15, 0.2) is 9.84 Å². The molecule has 2 fully saturated rings. The first-order chi connectivity index (χ1) is 14.9. The van der Waals surface area contributed by atoms with Crippen molar-refractivity contribution >= 4 is 15.5 Å². The normalized spacial score (nSPS) is 23.0. The zero-order chi connectivity index (χ0) is 21.8. The largest absolute Gasteiger partial charge is 0.490 e. The third kappa shape index (κ3) is 6.01. The van der Waals surface area contributed by atoms with Crippen LogP contribution in [-0.4, -0.2) is 46.1 Å². The molecule has 1 saturated heterocycles. The molecule has 31 heavy (non-hydrogen) atoms. The van der Waals surface area contributed by atoms with Crippen LogP contribution < -0.4 is 9.64 Å². The Morgan fingerprint density at radius 3 is 1.90 bits per heavy atom. The number of anilines is 1. The first kappa shape index (κ1) is 22.2. The van der Waals surface area contributed by atoms with E-state index in [0.29, 0.717) is 17.1 Å². The number of hydrogen-bond donors (Lipinski definition) is 0. The second-order valence-electron chi connectivity index (χ2n) is 8.92. The summed E-state index contributed by atoms with van der Waals surface area (Å²) in [6.45, 7) is 4.23. The topological polar surface area (TPSA) is 55.8 Å². The molecule has 2 aromatic rings. The van der Waals surface area contributed by atoms with Gasteiger partial charge in [0.2, 0.25) is 0 Å². The third-order valence-electron chi connectivity index (χ3n) is 6.40. The van der Waals surface area contributed by atoms with E-state index in [2.05, 4.69) is 36.1 Å². The van der Waals surface area contributed by atoms with Crippen LogP contribution in [0.15, 0.2) is 53.4 Å². The zero-order valence-corrected chi connectivity index (χ0v) is 19.3. The number of ether oxygens (including phenoxy) is 2. The molecule has 2 aromatic carbocycles. The van der Waals surface area contributed by atoms with Crippen LogP contribution in [0.1, 0.15) is 44.1 Å². The predicted octanol–water partition coefficient (Wildman–Crippen LogP) is 4.77. The molecule has 4 rings (SSSR count). The van der Waals surface area contributed by atoms with Crippen molar-refractivity contribution in [2.24, 2.45) is 0 Å². The fraction of sp³-hybridized carbons (Fsp3) is 0.520. The SMILES string of the molecule is Cc1ccc(N2CCC(O[C@H]3CC[C@H](Oc4ccc(S(C)(=O)=O)cc4)CC3)CC2)cc1. The molecule has 168 valence electrons. The first-order valence-electron chi connectivity index (χ1n) is 11.3. The van der Waals surface area contributed by atoms with Crippen molar-refractivity contribution in [3.05, 3.63) is 54.1 Å². The van der Waals surface area contributed by atoms with Gasteiger partial charge >= 0.3 is 0 Å². The molecule has 5 nitrogen and oxygen atoms in total. The molecule has 2 aliphatic rings. The summed E-state index contributed by atoms with van der Waals surface area (Å²) in [6.07, 6.45) is 8.21. The van der Waals surface area contributed by atoms with Crippen LogP contribution in [0.3, 0.4) is 0 Å². The Morgan fingerprint density at radius 1 is 0.774 bits per heavy atom. The van der Waals surface area contributed by atoms with Gasteiger partial charge in [-0.1, -0.05) is 17.7 Å². The van der Waals surface area contributed by atoms with Crippen LogP contribution in [0.25, 0.3) is 0 Å². The summed E-state index contributed by atoms with van der Waals surface area (Å²) in [5, 5.41) is 0. The minimum absolute atomic E-state index is 0.173. The summed E-state index contributed by atoms with van der Waals surface area (Å²) in [4.78, 5) is 2.78. The van der Waals surface area contributed by atoms with Gasteiger partial charge in [-0.3, -0.25) is 0 Å². The highest BCUT2D eigenvalue weighted by Gasteiger charge is 2.27. The monoisotopic (exact) mass is 443 g/mol. The van der Waals surface area contributed by atoms with Gasteiger partial charge in [0, 0.05) is 25.0 Å². The van der Waals surface area contributed by atoms with Crippen molar-refractivity contribution in [1.29, 1.82) is 0 Å². The second-order valence-corrected chi connectivity index (χ2v) is 10.9. The third-order valence-corrected chi connectivity index (χ3v) is 7.53. The lowest BCUT2D eigenvalue weighted by Crippen LogP contribution is -2.39. The van der Waals surface area contributed by atoms with Crippen molar-refractivity contribution in [3.63, 3.8) is 0 Å². The summed E-state index contributed by atoms with van der Waals surface area (Å²) in [5.41, 5.74) is 2.61. The Bertz CT molecular complexity index is 940. The molecule has 1 heterocycles. The Morgan fingerprint density at radius 2 is 1.32 bits per heavy atom. The summed E-state index contributed by atoms with van der Waals surface area (Å²) in [7, 11) is -3.17. The van der Waals surface area contributed by atoms with Crippen LogP contribution in [0.4, 0.5) is 5.69 Å². The second kappa shape index (κ2) is 9.61. The zero-order valence-electron chi connectivity index (χ0n) is 18.5. The lowest BCUT2D eigenvalue weighted by atomic mass is 9.94. The minimum Gasteiger partial charge on any atom is -0.490 e. The molecule has 1 aliphatic heterocycles. The predicted molar refractivity (Wildman–Crippen MR) is 124 cm³/mol. The summed E-state index contributed by atoms with van der Waals surface area (Å²) in [5.74, 6) is 0.736. The molecule has 0 radical (unpaired) electrons. The molecule has 0 bridgehead atoms. The molecule has 0 atom stereocenters. The molecule has 0 spiro atoms. The van der Waals surface area contributed by atoms with E-state index in [9.17, 15) is 8.42 Å². The van der Waals surface area contributed by atoms with Gasteiger partial charge < -0.3 is 14.4 Å². The van der Waals surface area contributed by atoms with E-state index in [1.807, 2.05) is 0 Å². The quantitative estimate of drug-likeness (QED) is 0.643. The number of piperidine rings is 1. The van der Waals surface area contributed by atoms with Crippen molar-refractivity contribution in [1.82, 2.24) is 0 Å². The highest BCUT2D eigenvalue weighted by Crippen LogP contribution is 2.29. The molecular weight excluding hydrogens is 410 g/mol. The summed E-state index contributed by atoms with van der Waals surface area (Å²) < 4.78 is 35.7. The Labute approximate surface area is 186 Å². The van der Waals surface area contributed by atoms with E-state index in [1.165, 1.54) is 17.5 Å². The average Bonchev–Trinajstić information content (AvgIpc) is 2.76. The van der Waals surface area contributed by atoms with E-state index in [-0.39, 0.29) is 6.10 Å². The maximum Gasteiger partial charge on any atom is 0.175 e. The van der Waals surface area contributed by atoms with Crippen LogP contribution in [0.2, 0.25) is 0 Å². The van der Waals surface area contributed by atoms with Crippen molar-refractivity contribution in [3.8, 4) is 5.75 Å². The van der Waals surface area contributed by atoms with Gasteiger partial charge in [-0.05, 0) is 81.8 Å². The number of benzene rings is 2. The van der Waals surface area contributed by atoms with Gasteiger partial charge in [-0.15, -0.1) is 0 Å². The molecule has 0 amide bonds. The van der Waals surface area contributed by atoms with E-state index < -0.39 is 9.84 Å². The molecular formula is C25H33NO4S. The highest BCUT2D eigenvalue weighted by atomic mass is 32.2. The Hall–Kier alpha value is -2.05. The van der Waals surface area contributed by atoms with Gasteiger partial charge in [-0.25, -0.2) is 8.42 Å². The van der Waals surface area contributed by atoms with Gasteiger partial charge in [0.05, 0.1) is 23.2 Å². The van der Waals surface area contributed by atoms with Crippen molar-refractivity contribution in [2.45, 2.75) is 68.7 Å². The van der Waals surface area contributed by atoms with E-state index >= 15 is 0 Å². The molecule has 6 heteroatoms. The summed E-state index contributed by atoms with van der Waals surface area (Å²) >= 11 is 0. The fourth-order valence-corrected chi connectivity index (χ4v) is 5.15.